The van der Waals surface area contributed by atoms with Crippen molar-refractivity contribution in [2.24, 2.45) is 0 Å². The fourth-order valence-corrected chi connectivity index (χ4v) is 3.72. The van der Waals surface area contributed by atoms with Gasteiger partial charge < -0.3 is 9.64 Å². The Morgan fingerprint density at radius 1 is 1.29 bits per heavy atom. The molecule has 112 valence electrons. The first-order valence-electron chi connectivity index (χ1n) is 7.97. The smallest absolute Gasteiger partial charge is 0.244 e. The number of amides is 1. The summed E-state index contributed by atoms with van der Waals surface area (Å²) in [6.45, 7) is 2.86. The molecule has 1 aromatic carbocycles. The zero-order chi connectivity index (χ0) is 14.4. The minimum Gasteiger partial charge on any atom is -0.378 e. The minimum absolute atomic E-state index is 0.0245. The standard InChI is InChI=1S/C17H22N2O2/c1-12-11-14(7-10-21-12)19-15(13-5-3-2-4-6-13)18-17(8-9-17)16(19)20/h2-6,12,14-15,18H,7-11H2,1H3. The van der Waals surface area contributed by atoms with E-state index < -0.39 is 0 Å². The predicted octanol–water partition coefficient (Wildman–Crippen LogP) is 2.22. The summed E-state index contributed by atoms with van der Waals surface area (Å²) in [4.78, 5) is 15.0. The molecule has 1 saturated carbocycles. The first-order valence-corrected chi connectivity index (χ1v) is 7.97. The summed E-state index contributed by atoms with van der Waals surface area (Å²) in [5.41, 5.74) is 0.927. The summed E-state index contributed by atoms with van der Waals surface area (Å²) in [6.07, 6.45) is 4.10. The fraction of sp³-hybridized carbons (Fsp3) is 0.588. The number of hydrogen-bond acceptors (Lipinski definition) is 3. The predicted molar refractivity (Wildman–Crippen MR) is 79.6 cm³/mol. The number of nitrogens with one attached hydrogen (secondary N) is 1. The molecule has 3 aliphatic rings. The highest BCUT2D eigenvalue weighted by molar-refractivity contribution is 5.92. The van der Waals surface area contributed by atoms with Crippen LogP contribution in [-0.2, 0) is 9.53 Å². The van der Waals surface area contributed by atoms with Gasteiger partial charge in [-0.25, -0.2) is 0 Å². The zero-order valence-electron chi connectivity index (χ0n) is 12.4. The van der Waals surface area contributed by atoms with E-state index in [-0.39, 0.29) is 17.8 Å². The van der Waals surface area contributed by atoms with E-state index in [0.717, 1.165) is 32.3 Å². The highest BCUT2D eigenvalue weighted by Crippen LogP contribution is 2.47. The number of benzene rings is 1. The Bertz CT molecular complexity index is 541. The molecule has 0 bridgehead atoms. The van der Waals surface area contributed by atoms with E-state index >= 15 is 0 Å². The molecule has 0 aromatic heterocycles. The van der Waals surface area contributed by atoms with E-state index in [2.05, 4.69) is 29.3 Å². The van der Waals surface area contributed by atoms with E-state index in [1.54, 1.807) is 0 Å². The van der Waals surface area contributed by atoms with Gasteiger partial charge in [0.25, 0.3) is 0 Å². The lowest BCUT2D eigenvalue weighted by atomic mass is 10.0. The molecule has 3 atom stereocenters. The highest BCUT2D eigenvalue weighted by Gasteiger charge is 2.60. The van der Waals surface area contributed by atoms with Crippen molar-refractivity contribution in [3.05, 3.63) is 35.9 Å². The molecule has 1 aromatic rings. The summed E-state index contributed by atoms with van der Waals surface area (Å²) >= 11 is 0. The van der Waals surface area contributed by atoms with Gasteiger partial charge in [-0.05, 0) is 38.2 Å². The van der Waals surface area contributed by atoms with Crippen molar-refractivity contribution in [1.29, 1.82) is 0 Å². The second-order valence-electron chi connectivity index (χ2n) is 6.61. The molecule has 0 radical (unpaired) electrons. The molecule has 3 unspecified atom stereocenters. The number of carbonyl (C=O) groups is 1. The van der Waals surface area contributed by atoms with Gasteiger partial charge >= 0.3 is 0 Å². The largest absolute Gasteiger partial charge is 0.378 e. The van der Waals surface area contributed by atoms with Gasteiger partial charge in [-0.3, -0.25) is 10.1 Å². The van der Waals surface area contributed by atoms with Crippen LogP contribution in [0.25, 0.3) is 0 Å². The lowest BCUT2D eigenvalue weighted by Crippen LogP contribution is -2.45. The van der Waals surface area contributed by atoms with Crippen molar-refractivity contribution in [2.75, 3.05) is 6.61 Å². The fourth-order valence-electron chi connectivity index (χ4n) is 3.72. The average Bonchev–Trinajstić information content (AvgIpc) is 3.22. The Labute approximate surface area is 125 Å². The number of carbonyl (C=O) groups excluding carboxylic acids is 1. The van der Waals surface area contributed by atoms with Crippen molar-refractivity contribution in [2.45, 2.75) is 56.5 Å². The van der Waals surface area contributed by atoms with E-state index in [9.17, 15) is 4.79 Å². The lowest BCUT2D eigenvalue weighted by molar-refractivity contribution is -0.136. The maximum Gasteiger partial charge on any atom is 0.244 e. The van der Waals surface area contributed by atoms with Crippen LogP contribution >= 0.6 is 0 Å². The number of nitrogens with zero attached hydrogens (tertiary/aromatic N) is 1. The van der Waals surface area contributed by atoms with E-state index in [1.807, 2.05) is 18.2 Å². The second-order valence-corrected chi connectivity index (χ2v) is 6.61. The highest BCUT2D eigenvalue weighted by atomic mass is 16.5. The van der Waals surface area contributed by atoms with Gasteiger partial charge in [0, 0.05) is 12.6 Å². The van der Waals surface area contributed by atoms with Crippen molar-refractivity contribution < 1.29 is 9.53 Å². The van der Waals surface area contributed by atoms with Gasteiger partial charge in [-0.1, -0.05) is 30.3 Å². The number of hydrogen-bond donors (Lipinski definition) is 1. The van der Waals surface area contributed by atoms with E-state index in [4.69, 9.17) is 4.74 Å². The Kier molecular flexibility index (Phi) is 3.05. The molecule has 1 aliphatic carbocycles. The Morgan fingerprint density at radius 3 is 2.71 bits per heavy atom. The average molecular weight is 286 g/mol. The summed E-state index contributed by atoms with van der Waals surface area (Å²) in [5, 5.41) is 3.61. The van der Waals surface area contributed by atoms with Crippen LogP contribution in [-0.4, -0.2) is 35.1 Å². The third-order valence-corrected chi connectivity index (χ3v) is 5.05. The summed E-state index contributed by atoms with van der Waals surface area (Å²) in [7, 11) is 0. The molecule has 4 heteroatoms. The van der Waals surface area contributed by atoms with Crippen molar-refractivity contribution >= 4 is 5.91 Å². The lowest BCUT2D eigenvalue weighted by Gasteiger charge is -2.37. The molecule has 4 nitrogen and oxygen atoms in total. The molecule has 21 heavy (non-hydrogen) atoms. The zero-order valence-corrected chi connectivity index (χ0v) is 12.4. The van der Waals surface area contributed by atoms with Crippen molar-refractivity contribution in [3.8, 4) is 0 Å². The van der Waals surface area contributed by atoms with Gasteiger partial charge in [-0.15, -0.1) is 0 Å². The van der Waals surface area contributed by atoms with Crippen LogP contribution in [0, 0.1) is 0 Å². The molecule has 2 heterocycles. The van der Waals surface area contributed by atoms with Crippen LogP contribution in [0.1, 0.15) is 44.3 Å². The normalized spacial score (nSPS) is 34.4. The monoisotopic (exact) mass is 286 g/mol. The van der Waals surface area contributed by atoms with Crippen LogP contribution in [0.15, 0.2) is 30.3 Å². The molecule has 1 N–H and O–H groups in total. The summed E-state index contributed by atoms with van der Waals surface area (Å²) in [6, 6.07) is 10.6. The third kappa shape index (κ3) is 2.17. The minimum atomic E-state index is -0.262. The molecule has 2 aliphatic heterocycles. The second kappa shape index (κ2) is 4.82. The van der Waals surface area contributed by atoms with E-state index in [1.165, 1.54) is 5.56 Å². The molecule has 3 fully saturated rings. The molecular weight excluding hydrogens is 264 g/mol. The molecule has 2 saturated heterocycles. The summed E-state index contributed by atoms with van der Waals surface area (Å²) < 4.78 is 5.65. The summed E-state index contributed by atoms with van der Waals surface area (Å²) in [5.74, 6) is 0.301. The Hall–Kier alpha value is -1.39. The quantitative estimate of drug-likeness (QED) is 0.906. The van der Waals surface area contributed by atoms with Gasteiger partial charge in [0.15, 0.2) is 0 Å². The topological polar surface area (TPSA) is 41.6 Å². The van der Waals surface area contributed by atoms with Crippen LogP contribution in [0.2, 0.25) is 0 Å². The van der Waals surface area contributed by atoms with Crippen molar-refractivity contribution in [3.63, 3.8) is 0 Å². The van der Waals surface area contributed by atoms with Gasteiger partial charge in [0.2, 0.25) is 5.91 Å². The molecule has 1 spiro atoms. The maximum absolute atomic E-state index is 12.9. The SMILES string of the molecule is CC1CC(N2C(=O)C3(CC3)NC2c2ccccc2)CCO1. The molecule has 1 amide bonds. The number of rotatable bonds is 2. The van der Waals surface area contributed by atoms with Gasteiger partial charge in [-0.2, -0.15) is 0 Å². The molecular formula is C17H22N2O2. The Balaban J connectivity index is 1.66. The van der Waals surface area contributed by atoms with Crippen LogP contribution in [0.3, 0.4) is 0 Å². The maximum atomic E-state index is 12.9. The van der Waals surface area contributed by atoms with Crippen LogP contribution in [0.4, 0.5) is 0 Å². The first-order chi connectivity index (χ1) is 10.2. The Morgan fingerprint density at radius 2 is 2.05 bits per heavy atom. The van der Waals surface area contributed by atoms with E-state index in [0.29, 0.717) is 11.9 Å². The van der Waals surface area contributed by atoms with Crippen LogP contribution in [0.5, 0.6) is 0 Å². The molecule has 4 rings (SSSR count). The first kappa shape index (κ1) is 13.3. The van der Waals surface area contributed by atoms with Gasteiger partial charge in [0.05, 0.1) is 6.10 Å². The van der Waals surface area contributed by atoms with Gasteiger partial charge in [0.1, 0.15) is 11.7 Å². The number of ether oxygens (including phenoxy) is 1. The van der Waals surface area contributed by atoms with Crippen LogP contribution < -0.4 is 5.32 Å². The van der Waals surface area contributed by atoms with Crippen molar-refractivity contribution in [1.82, 2.24) is 10.2 Å². The third-order valence-electron chi connectivity index (χ3n) is 5.05.